The molecule has 1 amide bonds. The van der Waals surface area contributed by atoms with Crippen molar-refractivity contribution in [3.8, 4) is 0 Å². The van der Waals surface area contributed by atoms with Crippen LogP contribution in [-0.4, -0.2) is 51.7 Å². The second-order valence-corrected chi connectivity index (χ2v) is 7.53. The maximum atomic E-state index is 12.7. The van der Waals surface area contributed by atoms with E-state index in [-0.39, 0.29) is 24.1 Å². The van der Waals surface area contributed by atoms with E-state index in [1.54, 1.807) is 36.1 Å². The van der Waals surface area contributed by atoms with Crippen molar-refractivity contribution in [1.82, 2.24) is 10.2 Å². The summed E-state index contributed by atoms with van der Waals surface area (Å²) in [6.07, 6.45) is 0.968. The van der Waals surface area contributed by atoms with Crippen LogP contribution in [0.15, 0.2) is 24.3 Å². The lowest BCUT2D eigenvalue weighted by Gasteiger charge is -2.19. The van der Waals surface area contributed by atoms with Gasteiger partial charge in [0.15, 0.2) is 0 Å². The molecule has 0 saturated carbocycles. The zero-order chi connectivity index (χ0) is 16.2. The molecule has 1 aromatic carbocycles. The molecule has 2 N–H and O–H groups in total. The van der Waals surface area contributed by atoms with Crippen molar-refractivity contribution in [2.75, 3.05) is 37.2 Å². The summed E-state index contributed by atoms with van der Waals surface area (Å²) in [5.74, 6) is 0.310. The summed E-state index contributed by atoms with van der Waals surface area (Å²) in [5.41, 5.74) is 0.760. The lowest BCUT2D eigenvalue weighted by molar-refractivity contribution is 0.0788. The van der Waals surface area contributed by atoms with Crippen molar-refractivity contribution < 1.29 is 13.2 Å². The van der Waals surface area contributed by atoms with Gasteiger partial charge in [0.2, 0.25) is 10.0 Å². The van der Waals surface area contributed by atoms with Crippen LogP contribution < -0.4 is 10.0 Å². The largest absolute Gasteiger partial charge is 0.338 e. The molecule has 0 radical (unpaired) electrons. The average molecular weight is 362 g/mol. The van der Waals surface area contributed by atoms with Gasteiger partial charge in [-0.3, -0.25) is 9.52 Å². The molecule has 1 atom stereocenters. The molecule has 1 saturated heterocycles. The summed E-state index contributed by atoms with van der Waals surface area (Å²) in [7, 11) is -1.50. The number of hydrogen-bond donors (Lipinski definition) is 2. The number of nitrogens with one attached hydrogen (secondary N) is 2. The summed E-state index contributed by atoms with van der Waals surface area (Å²) < 4.78 is 26.0. The zero-order valence-corrected chi connectivity index (χ0v) is 15.0. The summed E-state index contributed by atoms with van der Waals surface area (Å²) in [4.78, 5) is 14.5. The number of benzene rings is 1. The van der Waals surface area contributed by atoms with Gasteiger partial charge in [-0.05, 0) is 45.0 Å². The topological polar surface area (TPSA) is 78.5 Å². The minimum Gasteiger partial charge on any atom is -0.338 e. The first kappa shape index (κ1) is 19.7. The Bertz CT molecular complexity index is 637. The van der Waals surface area contributed by atoms with E-state index in [4.69, 9.17) is 0 Å². The van der Waals surface area contributed by atoms with Gasteiger partial charge < -0.3 is 10.2 Å². The number of carbonyl (C=O) groups is 1. The van der Waals surface area contributed by atoms with Gasteiger partial charge in [-0.2, -0.15) is 0 Å². The number of para-hydroxylation sites is 1. The second-order valence-electron chi connectivity index (χ2n) is 5.51. The van der Waals surface area contributed by atoms with Gasteiger partial charge in [-0.1, -0.05) is 12.1 Å². The van der Waals surface area contributed by atoms with Crippen LogP contribution in [0.2, 0.25) is 0 Å². The highest BCUT2D eigenvalue weighted by Gasteiger charge is 2.28. The Morgan fingerprint density at radius 1 is 1.35 bits per heavy atom. The average Bonchev–Trinajstić information content (AvgIpc) is 2.96. The lowest BCUT2D eigenvalue weighted by Crippen LogP contribution is -2.31. The number of anilines is 1. The molecule has 0 bridgehead atoms. The van der Waals surface area contributed by atoms with E-state index in [1.807, 2.05) is 7.05 Å². The number of nitrogens with zero attached hydrogens (tertiary/aromatic N) is 1. The Hall–Kier alpha value is -1.31. The normalized spacial score (nSPS) is 17.7. The molecule has 1 aliphatic rings. The Kier molecular flexibility index (Phi) is 7.31. The van der Waals surface area contributed by atoms with E-state index in [9.17, 15) is 13.2 Å². The van der Waals surface area contributed by atoms with E-state index in [2.05, 4.69) is 10.0 Å². The smallest absolute Gasteiger partial charge is 0.255 e. The van der Waals surface area contributed by atoms with E-state index in [0.29, 0.717) is 30.3 Å². The molecular weight excluding hydrogens is 338 g/mol. The molecule has 2 rings (SSSR count). The van der Waals surface area contributed by atoms with Crippen molar-refractivity contribution in [1.29, 1.82) is 0 Å². The van der Waals surface area contributed by atoms with Gasteiger partial charge in [-0.15, -0.1) is 12.4 Å². The third-order valence-corrected chi connectivity index (χ3v) is 5.16. The number of hydrogen-bond acceptors (Lipinski definition) is 4. The number of rotatable bonds is 6. The molecular formula is C15H24ClN3O3S. The number of carbonyl (C=O) groups excluding carboxylic acids is 1. The van der Waals surface area contributed by atoms with Gasteiger partial charge in [-0.25, -0.2) is 8.42 Å². The molecule has 1 fully saturated rings. The Labute approximate surface area is 144 Å². The van der Waals surface area contributed by atoms with Crippen LogP contribution in [0.5, 0.6) is 0 Å². The fourth-order valence-electron chi connectivity index (χ4n) is 2.64. The van der Waals surface area contributed by atoms with Crippen LogP contribution in [0.3, 0.4) is 0 Å². The van der Waals surface area contributed by atoms with Crippen molar-refractivity contribution in [3.63, 3.8) is 0 Å². The van der Waals surface area contributed by atoms with E-state index >= 15 is 0 Å². The number of amides is 1. The van der Waals surface area contributed by atoms with Crippen LogP contribution in [0, 0.1) is 5.92 Å². The highest BCUT2D eigenvalue weighted by atomic mass is 35.5. The SMILES string of the molecule is CCS(=O)(=O)Nc1ccccc1C(=O)N1CCC(CNC)C1.Cl. The first-order valence-corrected chi connectivity index (χ1v) is 9.15. The summed E-state index contributed by atoms with van der Waals surface area (Å²) >= 11 is 0. The van der Waals surface area contributed by atoms with Crippen LogP contribution in [0.25, 0.3) is 0 Å². The molecule has 0 aliphatic carbocycles. The van der Waals surface area contributed by atoms with Crippen LogP contribution in [-0.2, 0) is 10.0 Å². The van der Waals surface area contributed by atoms with Crippen molar-refractivity contribution in [3.05, 3.63) is 29.8 Å². The Morgan fingerprint density at radius 2 is 2.04 bits per heavy atom. The number of sulfonamides is 1. The first-order chi connectivity index (χ1) is 10.5. The molecule has 23 heavy (non-hydrogen) atoms. The number of halogens is 1. The Balaban J connectivity index is 0.00000264. The molecule has 6 nitrogen and oxygen atoms in total. The summed E-state index contributed by atoms with van der Waals surface area (Å²) in [5, 5.41) is 3.13. The van der Waals surface area contributed by atoms with Gasteiger partial charge in [0, 0.05) is 13.1 Å². The molecule has 1 unspecified atom stereocenters. The minimum atomic E-state index is -3.40. The fourth-order valence-corrected chi connectivity index (χ4v) is 3.30. The maximum absolute atomic E-state index is 12.7. The highest BCUT2D eigenvalue weighted by molar-refractivity contribution is 7.92. The van der Waals surface area contributed by atoms with E-state index in [0.717, 1.165) is 13.0 Å². The van der Waals surface area contributed by atoms with Crippen LogP contribution >= 0.6 is 12.4 Å². The summed E-state index contributed by atoms with van der Waals surface area (Å²) in [6, 6.07) is 6.76. The number of likely N-dealkylation sites (tertiary alicyclic amines) is 1. The monoisotopic (exact) mass is 361 g/mol. The van der Waals surface area contributed by atoms with Gasteiger partial charge in [0.05, 0.1) is 17.0 Å². The van der Waals surface area contributed by atoms with Crippen molar-refractivity contribution in [2.45, 2.75) is 13.3 Å². The van der Waals surface area contributed by atoms with Crippen LogP contribution in [0.4, 0.5) is 5.69 Å². The minimum absolute atomic E-state index is 0. The maximum Gasteiger partial charge on any atom is 0.255 e. The van der Waals surface area contributed by atoms with Gasteiger partial charge >= 0.3 is 0 Å². The molecule has 0 spiro atoms. The molecule has 8 heteroatoms. The molecule has 130 valence electrons. The lowest BCUT2D eigenvalue weighted by atomic mass is 10.1. The summed E-state index contributed by atoms with van der Waals surface area (Å²) in [6.45, 7) is 3.86. The van der Waals surface area contributed by atoms with Crippen molar-refractivity contribution >= 4 is 34.0 Å². The molecule has 1 aliphatic heterocycles. The van der Waals surface area contributed by atoms with Gasteiger partial charge in [0.25, 0.3) is 5.91 Å². The third kappa shape index (κ3) is 5.09. The quantitative estimate of drug-likeness (QED) is 0.805. The van der Waals surface area contributed by atoms with E-state index < -0.39 is 10.0 Å². The van der Waals surface area contributed by atoms with Crippen molar-refractivity contribution in [2.24, 2.45) is 5.92 Å². The predicted molar refractivity (Wildman–Crippen MR) is 94.7 cm³/mol. The highest BCUT2D eigenvalue weighted by Crippen LogP contribution is 2.23. The standard InChI is InChI=1S/C15H23N3O3S.ClH/c1-3-22(20,21)17-14-7-5-4-6-13(14)15(19)18-9-8-12(11-18)10-16-2;/h4-7,12,16-17H,3,8-11H2,1-2H3;1H. The fraction of sp³-hybridized carbons (Fsp3) is 0.533. The predicted octanol–water partition coefficient (Wildman–Crippen LogP) is 1.55. The molecule has 1 heterocycles. The first-order valence-electron chi connectivity index (χ1n) is 7.50. The Morgan fingerprint density at radius 3 is 2.70 bits per heavy atom. The molecule has 0 aromatic heterocycles. The van der Waals surface area contributed by atoms with Crippen LogP contribution in [0.1, 0.15) is 23.7 Å². The van der Waals surface area contributed by atoms with Gasteiger partial charge in [0.1, 0.15) is 0 Å². The molecule has 1 aromatic rings. The van der Waals surface area contributed by atoms with E-state index in [1.165, 1.54) is 0 Å². The third-order valence-electron chi connectivity index (χ3n) is 3.87. The second kappa shape index (κ2) is 8.52. The zero-order valence-electron chi connectivity index (χ0n) is 13.4.